The van der Waals surface area contributed by atoms with Gasteiger partial charge in [-0.2, -0.15) is 0 Å². The molecular formula is C7H12O3. The topological polar surface area (TPSA) is 38.7 Å². The molecule has 0 fully saturated rings. The first-order valence-electron chi connectivity index (χ1n) is 3.05. The highest BCUT2D eigenvalue weighted by atomic mass is 16.7. The summed E-state index contributed by atoms with van der Waals surface area (Å²) in [5, 5.41) is 8.30. The molecule has 0 atom stereocenters. The predicted molar refractivity (Wildman–Crippen MR) is 37.3 cm³/mol. The average Bonchev–Trinajstić information content (AvgIpc) is 1.97. The van der Waals surface area contributed by atoms with Crippen LogP contribution in [0, 0.1) is 11.8 Å². The summed E-state index contributed by atoms with van der Waals surface area (Å²) in [4.78, 5) is 0. The molecular weight excluding hydrogens is 132 g/mol. The summed E-state index contributed by atoms with van der Waals surface area (Å²) in [5.41, 5.74) is 0. The van der Waals surface area contributed by atoms with Crippen LogP contribution in [0.25, 0.3) is 0 Å². The molecule has 0 aromatic carbocycles. The normalized spacial score (nSPS) is 8.60. The van der Waals surface area contributed by atoms with Crippen molar-refractivity contribution >= 4 is 0 Å². The van der Waals surface area contributed by atoms with Crippen molar-refractivity contribution in [3.8, 4) is 11.8 Å². The largest absolute Gasteiger partial charge is 0.395 e. The Morgan fingerprint density at radius 1 is 1.40 bits per heavy atom. The quantitative estimate of drug-likeness (QED) is 0.343. The van der Waals surface area contributed by atoms with Crippen LogP contribution in [0.4, 0.5) is 0 Å². The molecule has 0 radical (unpaired) electrons. The summed E-state index contributed by atoms with van der Waals surface area (Å²) < 4.78 is 9.46. The lowest BCUT2D eigenvalue weighted by molar-refractivity contribution is -0.0166. The predicted octanol–water partition coefficient (Wildman–Crippen LogP) is -0.00730. The molecule has 0 saturated carbocycles. The molecule has 0 aliphatic carbocycles. The Bertz CT molecular complexity index is 112. The average molecular weight is 144 g/mol. The summed E-state index contributed by atoms with van der Waals surface area (Å²) in [5.74, 6) is 5.42. The first kappa shape index (κ1) is 9.44. The Morgan fingerprint density at radius 2 is 2.20 bits per heavy atom. The van der Waals surface area contributed by atoms with E-state index in [0.717, 1.165) is 0 Å². The Hall–Kier alpha value is -0.560. The Labute approximate surface area is 60.9 Å². The molecule has 3 nitrogen and oxygen atoms in total. The third-order valence-corrected chi connectivity index (χ3v) is 0.737. The van der Waals surface area contributed by atoms with Crippen LogP contribution in [0.5, 0.6) is 0 Å². The molecule has 0 unspecified atom stereocenters. The minimum atomic E-state index is 0.108. The van der Waals surface area contributed by atoms with Crippen molar-refractivity contribution in [2.75, 3.05) is 27.1 Å². The number of aliphatic hydroxyl groups is 1. The van der Waals surface area contributed by atoms with E-state index in [1.54, 1.807) is 7.11 Å². The highest BCUT2D eigenvalue weighted by molar-refractivity contribution is 4.98. The van der Waals surface area contributed by atoms with E-state index in [1.807, 2.05) is 0 Å². The molecule has 0 heterocycles. The van der Waals surface area contributed by atoms with Crippen molar-refractivity contribution in [3.05, 3.63) is 0 Å². The third kappa shape index (κ3) is 7.44. The van der Waals surface area contributed by atoms with E-state index < -0.39 is 0 Å². The summed E-state index contributed by atoms with van der Waals surface area (Å²) in [6.45, 7) is 0.749. The van der Waals surface area contributed by atoms with Gasteiger partial charge in [0.25, 0.3) is 0 Å². The van der Waals surface area contributed by atoms with Crippen LogP contribution in [0.15, 0.2) is 0 Å². The van der Waals surface area contributed by atoms with Crippen LogP contribution in [0.3, 0.4) is 0 Å². The molecule has 3 heteroatoms. The van der Waals surface area contributed by atoms with Gasteiger partial charge in [-0.3, -0.25) is 0 Å². The van der Waals surface area contributed by atoms with Crippen molar-refractivity contribution < 1.29 is 14.6 Å². The van der Waals surface area contributed by atoms with Crippen LogP contribution in [-0.2, 0) is 9.47 Å². The maximum Gasteiger partial charge on any atom is 0.147 e. The van der Waals surface area contributed by atoms with Crippen LogP contribution >= 0.6 is 0 Å². The van der Waals surface area contributed by atoms with E-state index >= 15 is 0 Å². The standard InChI is InChI=1S/C7H12O3/c1-9-7-10-6-4-2-3-5-8/h8H,3,5-7H2,1H3. The van der Waals surface area contributed by atoms with E-state index in [2.05, 4.69) is 16.6 Å². The van der Waals surface area contributed by atoms with Crippen LogP contribution in [-0.4, -0.2) is 32.2 Å². The second kappa shape index (κ2) is 8.44. The van der Waals surface area contributed by atoms with Gasteiger partial charge in [0, 0.05) is 13.5 Å². The van der Waals surface area contributed by atoms with E-state index in [4.69, 9.17) is 9.84 Å². The smallest absolute Gasteiger partial charge is 0.147 e. The van der Waals surface area contributed by atoms with Gasteiger partial charge >= 0.3 is 0 Å². The van der Waals surface area contributed by atoms with Crippen LogP contribution in [0.1, 0.15) is 6.42 Å². The summed E-state index contributed by atoms with van der Waals surface area (Å²) in [6, 6.07) is 0. The van der Waals surface area contributed by atoms with Gasteiger partial charge in [-0.25, -0.2) is 0 Å². The zero-order valence-electron chi connectivity index (χ0n) is 6.09. The number of rotatable bonds is 4. The molecule has 0 aromatic rings. The van der Waals surface area contributed by atoms with Crippen molar-refractivity contribution in [1.82, 2.24) is 0 Å². The van der Waals surface area contributed by atoms with E-state index in [9.17, 15) is 0 Å². The lowest BCUT2D eigenvalue weighted by Crippen LogP contribution is -1.95. The Balaban J connectivity index is 2.96. The minimum absolute atomic E-state index is 0.108. The van der Waals surface area contributed by atoms with E-state index in [-0.39, 0.29) is 13.4 Å². The number of hydrogen-bond acceptors (Lipinski definition) is 3. The second-order valence-electron chi connectivity index (χ2n) is 1.58. The molecule has 0 saturated heterocycles. The van der Waals surface area contributed by atoms with Gasteiger partial charge in [0.2, 0.25) is 0 Å². The van der Waals surface area contributed by atoms with E-state index in [1.165, 1.54) is 0 Å². The highest BCUT2D eigenvalue weighted by Crippen LogP contribution is 1.73. The van der Waals surface area contributed by atoms with Crippen molar-refractivity contribution in [2.45, 2.75) is 6.42 Å². The SMILES string of the molecule is COCOCC#CCCO. The summed E-state index contributed by atoms with van der Waals surface area (Å²) >= 11 is 0. The molecule has 0 aliphatic heterocycles. The van der Waals surface area contributed by atoms with Gasteiger partial charge in [-0.05, 0) is 0 Å². The van der Waals surface area contributed by atoms with Gasteiger partial charge in [0.15, 0.2) is 0 Å². The van der Waals surface area contributed by atoms with E-state index in [0.29, 0.717) is 13.0 Å². The van der Waals surface area contributed by atoms with Gasteiger partial charge < -0.3 is 14.6 Å². The van der Waals surface area contributed by atoms with Crippen molar-refractivity contribution in [1.29, 1.82) is 0 Å². The fourth-order valence-corrected chi connectivity index (χ4v) is 0.371. The number of hydrogen-bond donors (Lipinski definition) is 1. The Kier molecular flexibility index (Phi) is 7.97. The molecule has 10 heavy (non-hydrogen) atoms. The lowest BCUT2D eigenvalue weighted by atomic mass is 10.4. The molecule has 0 aromatic heterocycles. The maximum absolute atomic E-state index is 8.30. The first-order valence-corrected chi connectivity index (χ1v) is 3.05. The minimum Gasteiger partial charge on any atom is -0.395 e. The van der Waals surface area contributed by atoms with Gasteiger partial charge in [0.05, 0.1) is 6.61 Å². The first-order chi connectivity index (χ1) is 4.91. The molecule has 1 N–H and O–H groups in total. The van der Waals surface area contributed by atoms with Crippen LogP contribution < -0.4 is 0 Å². The zero-order valence-corrected chi connectivity index (χ0v) is 6.09. The van der Waals surface area contributed by atoms with Gasteiger partial charge in [-0.15, -0.1) is 0 Å². The maximum atomic E-state index is 8.30. The zero-order chi connectivity index (χ0) is 7.66. The number of aliphatic hydroxyl groups excluding tert-OH is 1. The molecule has 0 rings (SSSR count). The molecule has 58 valence electrons. The van der Waals surface area contributed by atoms with Crippen molar-refractivity contribution in [2.24, 2.45) is 0 Å². The number of ether oxygens (including phenoxy) is 2. The van der Waals surface area contributed by atoms with Crippen molar-refractivity contribution in [3.63, 3.8) is 0 Å². The third-order valence-electron chi connectivity index (χ3n) is 0.737. The number of methoxy groups -OCH3 is 1. The van der Waals surface area contributed by atoms with Crippen LogP contribution in [0.2, 0.25) is 0 Å². The fraction of sp³-hybridized carbons (Fsp3) is 0.714. The molecule has 0 bridgehead atoms. The molecule has 0 spiro atoms. The highest BCUT2D eigenvalue weighted by Gasteiger charge is 1.77. The van der Waals surface area contributed by atoms with Gasteiger partial charge in [-0.1, -0.05) is 11.8 Å². The summed E-state index contributed by atoms with van der Waals surface area (Å²) in [6.07, 6.45) is 0.510. The molecule has 0 amide bonds. The monoisotopic (exact) mass is 144 g/mol. The Morgan fingerprint density at radius 3 is 2.80 bits per heavy atom. The fourth-order valence-electron chi connectivity index (χ4n) is 0.371. The summed E-state index contributed by atoms with van der Waals surface area (Å²) in [7, 11) is 1.56. The second-order valence-corrected chi connectivity index (χ2v) is 1.58. The molecule has 0 aliphatic rings. The van der Waals surface area contributed by atoms with Gasteiger partial charge in [0.1, 0.15) is 13.4 Å². The lowest BCUT2D eigenvalue weighted by Gasteiger charge is -1.93.